The first-order valence-corrected chi connectivity index (χ1v) is 17.1. The number of hydrogen-bond donors (Lipinski definition) is 0. The van der Waals surface area contributed by atoms with E-state index < -0.39 is 0 Å². The van der Waals surface area contributed by atoms with Gasteiger partial charge in [-0.3, -0.25) is 0 Å². The summed E-state index contributed by atoms with van der Waals surface area (Å²) in [6.07, 6.45) is 0. The van der Waals surface area contributed by atoms with Crippen LogP contribution < -0.4 is 4.90 Å². The van der Waals surface area contributed by atoms with Crippen LogP contribution in [0, 0.1) is 0 Å². The largest absolute Gasteiger partial charge is 0.310 e. The lowest BCUT2D eigenvalue weighted by molar-refractivity contribution is 1.18. The first-order chi connectivity index (χ1) is 24.8. The average molecular weight is 639 g/mol. The van der Waals surface area contributed by atoms with E-state index in [4.69, 9.17) is 0 Å². The fraction of sp³-hybridized carbons (Fsp3) is 0. The molecule has 2 nitrogen and oxygen atoms in total. The molecule has 9 aromatic rings. The van der Waals surface area contributed by atoms with Crippen molar-refractivity contribution < 1.29 is 0 Å². The molecule has 236 valence electrons. The highest BCUT2D eigenvalue weighted by molar-refractivity contribution is 6.15. The Kier molecular flexibility index (Phi) is 7.53. The second kappa shape index (κ2) is 12.8. The van der Waals surface area contributed by atoms with Crippen molar-refractivity contribution in [3.05, 3.63) is 206 Å². The monoisotopic (exact) mass is 638 g/mol. The molecular weight excluding hydrogens is 605 g/mol. The molecule has 0 aliphatic carbocycles. The molecule has 0 saturated carbocycles. The Morgan fingerprint density at radius 3 is 1.70 bits per heavy atom. The molecule has 0 aliphatic rings. The van der Waals surface area contributed by atoms with Crippen molar-refractivity contribution in [1.82, 2.24) is 4.57 Å². The molecule has 2 heteroatoms. The molecule has 1 aromatic heterocycles. The molecule has 0 spiro atoms. The van der Waals surface area contributed by atoms with Crippen LogP contribution in [-0.4, -0.2) is 4.57 Å². The number of para-hydroxylation sites is 4. The quantitative estimate of drug-likeness (QED) is 0.169. The van der Waals surface area contributed by atoms with Gasteiger partial charge in [-0.1, -0.05) is 146 Å². The molecule has 9 rings (SSSR count). The zero-order chi connectivity index (χ0) is 33.3. The number of fused-ring (bicyclic) bond motifs is 3. The van der Waals surface area contributed by atoms with Gasteiger partial charge in [0.25, 0.3) is 0 Å². The van der Waals surface area contributed by atoms with E-state index in [1.807, 2.05) is 0 Å². The Bertz CT molecular complexity index is 2580. The maximum absolute atomic E-state index is 2.38. The summed E-state index contributed by atoms with van der Waals surface area (Å²) < 4.78 is 2.38. The number of hydrogen-bond acceptors (Lipinski definition) is 1. The molecule has 0 saturated heterocycles. The lowest BCUT2D eigenvalue weighted by Crippen LogP contribution is -2.11. The molecule has 0 aliphatic heterocycles. The molecule has 0 radical (unpaired) electrons. The van der Waals surface area contributed by atoms with Crippen molar-refractivity contribution >= 4 is 38.9 Å². The minimum absolute atomic E-state index is 1.11. The average Bonchev–Trinajstić information content (AvgIpc) is 3.54. The van der Waals surface area contributed by atoms with E-state index >= 15 is 0 Å². The van der Waals surface area contributed by atoms with Gasteiger partial charge in [0, 0.05) is 33.4 Å². The summed E-state index contributed by atoms with van der Waals surface area (Å²) in [5, 5.41) is 2.52. The van der Waals surface area contributed by atoms with Crippen molar-refractivity contribution in [3.63, 3.8) is 0 Å². The number of aromatic nitrogens is 1. The summed E-state index contributed by atoms with van der Waals surface area (Å²) in [4.78, 5) is 2.37. The number of rotatable bonds is 7. The zero-order valence-corrected chi connectivity index (χ0v) is 27.5. The molecule has 0 fully saturated rings. The minimum atomic E-state index is 1.11. The van der Waals surface area contributed by atoms with Crippen LogP contribution in [0.25, 0.3) is 60.9 Å². The molecule has 1 heterocycles. The zero-order valence-electron chi connectivity index (χ0n) is 27.5. The van der Waals surface area contributed by atoms with Crippen LogP contribution in [-0.2, 0) is 0 Å². The number of nitrogens with zero attached hydrogens (tertiary/aromatic N) is 2. The van der Waals surface area contributed by atoms with Crippen molar-refractivity contribution in [3.8, 4) is 39.1 Å². The van der Waals surface area contributed by atoms with Crippen molar-refractivity contribution in [2.45, 2.75) is 0 Å². The SMILES string of the molecule is c1ccc(-c2ccccc2N(c2ccccc2)c2cccc(-c3cccc(-c4cccc5c4c4ccccc4n5-c4ccccc4)c3)c2)cc1. The van der Waals surface area contributed by atoms with Gasteiger partial charge in [0.15, 0.2) is 0 Å². The predicted molar refractivity (Wildman–Crippen MR) is 212 cm³/mol. The second-order valence-corrected chi connectivity index (χ2v) is 12.6. The van der Waals surface area contributed by atoms with Gasteiger partial charge in [-0.15, -0.1) is 0 Å². The summed E-state index contributed by atoms with van der Waals surface area (Å²) in [7, 11) is 0. The number of anilines is 3. The van der Waals surface area contributed by atoms with Crippen LogP contribution in [0.3, 0.4) is 0 Å². The minimum Gasteiger partial charge on any atom is -0.310 e. The normalized spacial score (nSPS) is 11.2. The Balaban J connectivity index is 1.18. The van der Waals surface area contributed by atoms with Gasteiger partial charge >= 0.3 is 0 Å². The molecule has 0 N–H and O–H groups in total. The molecule has 50 heavy (non-hydrogen) atoms. The molecule has 0 amide bonds. The second-order valence-electron chi connectivity index (χ2n) is 12.6. The van der Waals surface area contributed by atoms with Gasteiger partial charge in [0.1, 0.15) is 0 Å². The van der Waals surface area contributed by atoms with E-state index in [2.05, 4.69) is 216 Å². The van der Waals surface area contributed by atoms with E-state index in [0.29, 0.717) is 0 Å². The molecule has 8 aromatic carbocycles. The van der Waals surface area contributed by atoms with Crippen LogP contribution in [0.15, 0.2) is 206 Å². The number of benzene rings is 8. The summed E-state index contributed by atoms with van der Waals surface area (Å²) in [6, 6.07) is 74.0. The predicted octanol–water partition coefficient (Wildman–Crippen LogP) is 13.3. The van der Waals surface area contributed by atoms with Crippen LogP contribution in [0.5, 0.6) is 0 Å². The van der Waals surface area contributed by atoms with E-state index in [1.54, 1.807) is 0 Å². The standard InChI is InChI=1S/C48H34N2/c1-4-17-35(18-5-1)42-27-10-12-30-45(42)49(39-22-6-2-7-23-39)41-26-15-20-37(34-41)36-19-14-21-38(33-36)43-29-16-32-47-48(43)44-28-11-13-31-46(44)50(47)40-24-8-3-9-25-40/h1-34H. The third-order valence-corrected chi connectivity index (χ3v) is 9.57. The summed E-state index contributed by atoms with van der Waals surface area (Å²) >= 11 is 0. The lowest BCUT2D eigenvalue weighted by Gasteiger charge is -2.28. The van der Waals surface area contributed by atoms with Crippen molar-refractivity contribution in [1.29, 1.82) is 0 Å². The molecule has 0 bridgehead atoms. The third kappa shape index (κ3) is 5.24. The summed E-state index contributed by atoms with van der Waals surface area (Å²) in [5.74, 6) is 0. The van der Waals surface area contributed by atoms with Crippen LogP contribution >= 0.6 is 0 Å². The van der Waals surface area contributed by atoms with E-state index in [9.17, 15) is 0 Å². The van der Waals surface area contributed by atoms with Crippen LogP contribution in [0.4, 0.5) is 17.1 Å². The molecule has 0 atom stereocenters. The third-order valence-electron chi connectivity index (χ3n) is 9.57. The Morgan fingerprint density at radius 2 is 0.880 bits per heavy atom. The van der Waals surface area contributed by atoms with Gasteiger partial charge in [-0.2, -0.15) is 0 Å². The summed E-state index contributed by atoms with van der Waals surface area (Å²) in [6.45, 7) is 0. The van der Waals surface area contributed by atoms with Crippen molar-refractivity contribution in [2.24, 2.45) is 0 Å². The van der Waals surface area contributed by atoms with Gasteiger partial charge in [0.2, 0.25) is 0 Å². The fourth-order valence-electron chi connectivity index (χ4n) is 7.34. The van der Waals surface area contributed by atoms with Gasteiger partial charge < -0.3 is 9.47 Å². The van der Waals surface area contributed by atoms with E-state index in [-0.39, 0.29) is 0 Å². The van der Waals surface area contributed by atoms with Crippen LogP contribution in [0.1, 0.15) is 0 Å². The fourth-order valence-corrected chi connectivity index (χ4v) is 7.34. The van der Waals surface area contributed by atoms with Gasteiger partial charge in [0.05, 0.1) is 16.7 Å². The van der Waals surface area contributed by atoms with Crippen molar-refractivity contribution in [2.75, 3.05) is 4.90 Å². The lowest BCUT2D eigenvalue weighted by atomic mass is 9.95. The smallest absolute Gasteiger partial charge is 0.0547 e. The Labute approximate surface area is 292 Å². The van der Waals surface area contributed by atoms with Gasteiger partial charge in [-0.25, -0.2) is 0 Å². The van der Waals surface area contributed by atoms with E-state index in [1.165, 1.54) is 60.9 Å². The maximum Gasteiger partial charge on any atom is 0.0547 e. The Hall–Kier alpha value is -6.64. The molecular formula is C48H34N2. The maximum atomic E-state index is 2.38. The highest BCUT2D eigenvalue weighted by atomic mass is 15.1. The van der Waals surface area contributed by atoms with Gasteiger partial charge in [-0.05, 0) is 88.5 Å². The highest BCUT2D eigenvalue weighted by Crippen LogP contribution is 2.43. The summed E-state index contributed by atoms with van der Waals surface area (Å²) in [5.41, 5.74) is 14.1. The highest BCUT2D eigenvalue weighted by Gasteiger charge is 2.19. The van der Waals surface area contributed by atoms with E-state index in [0.717, 1.165) is 17.1 Å². The molecule has 0 unspecified atom stereocenters. The van der Waals surface area contributed by atoms with Crippen LogP contribution in [0.2, 0.25) is 0 Å². The Morgan fingerprint density at radius 1 is 0.340 bits per heavy atom. The topological polar surface area (TPSA) is 8.17 Å². The first kappa shape index (κ1) is 29.5. The first-order valence-electron chi connectivity index (χ1n) is 17.1.